The number of benzene rings is 2. The number of aryl methyl sites for hydroxylation is 2. The van der Waals surface area contributed by atoms with Crippen LogP contribution in [0.1, 0.15) is 44.7 Å². The molecule has 0 saturated carbocycles. The zero-order valence-electron chi connectivity index (χ0n) is 12.1. The highest BCUT2D eigenvalue weighted by Crippen LogP contribution is 2.23. The van der Waals surface area contributed by atoms with Gasteiger partial charge in [0.2, 0.25) is 0 Å². The van der Waals surface area contributed by atoms with E-state index < -0.39 is 5.97 Å². The summed E-state index contributed by atoms with van der Waals surface area (Å²) in [5.74, 6) is -1.33. The van der Waals surface area contributed by atoms with Gasteiger partial charge in [-0.3, -0.25) is 4.79 Å². The molecule has 0 heterocycles. The molecule has 2 aromatic carbocycles. The predicted molar refractivity (Wildman–Crippen MR) is 84.4 cm³/mol. The van der Waals surface area contributed by atoms with Gasteiger partial charge >= 0.3 is 5.97 Å². The van der Waals surface area contributed by atoms with Gasteiger partial charge in [-0.05, 0) is 61.1 Å². The van der Waals surface area contributed by atoms with Gasteiger partial charge in [0.25, 0.3) is 5.91 Å². The summed E-state index contributed by atoms with van der Waals surface area (Å²) in [5, 5.41) is 11.9. The molecule has 0 unspecified atom stereocenters. The van der Waals surface area contributed by atoms with Crippen LogP contribution in [0.5, 0.6) is 0 Å². The molecular formula is C18H17NO3. The molecule has 1 amide bonds. The molecule has 112 valence electrons. The molecule has 4 nitrogen and oxygen atoms in total. The smallest absolute Gasteiger partial charge is 0.337 e. The number of carboxylic acid groups (broad SMARTS) is 1. The minimum atomic E-state index is -1.05. The number of fused-ring (bicyclic) bond motifs is 1. The van der Waals surface area contributed by atoms with Gasteiger partial charge in [-0.25, -0.2) is 4.79 Å². The van der Waals surface area contributed by atoms with Gasteiger partial charge in [0, 0.05) is 5.56 Å². The second kappa shape index (κ2) is 6.02. The van der Waals surface area contributed by atoms with Crippen molar-refractivity contribution in [2.24, 2.45) is 0 Å². The van der Waals surface area contributed by atoms with Gasteiger partial charge in [-0.1, -0.05) is 18.2 Å². The Morgan fingerprint density at radius 1 is 0.955 bits per heavy atom. The number of carbonyl (C=O) groups is 2. The van der Waals surface area contributed by atoms with E-state index in [1.54, 1.807) is 18.2 Å². The van der Waals surface area contributed by atoms with E-state index >= 15 is 0 Å². The first-order valence-corrected chi connectivity index (χ1v) is 7.40. The predicted octanol–water partition coefficient (Wildman–Crippen LogP) is 3.52. The van der Waals surface area contributed by atoms with Crippen LogP contribution in [0.15, 0.2) is 42.5 Å². The highest BCUT2D eigenvalue weighted by molar-refractivity contribution is 6.07. The standard InChI is InChI=1S/C18H17NO3/c20-17(19-16-8-4-3-7-15(16)18(21)22)14-10-9-12-5-1-2-6-13(12)11-14/h3-4,7-11H,1-2,5-6H2,(H,19,20)(H,21,22). The van der Waals surface area contributed by atoms with E-state index in [0.717, 1.165) is 19.3 Å². The molecule has 0 saturated heterocycles. The highest BCUT2D eigenvalue weighted by Gasteiger charge is 2.15. The minimum absolute atomic E-state index is 0.0915. The van der Waals surface area contributed by atoms with Crippen LogP contribution in [0.4, 0.5) is 5.69 Å². The molecule has 4 heteroatoms. The van der Waals surface area contributed by atoms with Gasteiger partial charge in [-0.15, -0.1) is 0 Å². The summed E-state index contributed by atoms with van der Waals surface area (Å²) in [6, 6.07) is 12.2. The normalized spacial score (nSPS) is 13.3. The van der Waals surface area contributed by atoms with Gasteiger partial charge < -0.3 is 10.4 Å². The third-order valence-corrected chi connectivity index (χ3v) is 4.02. The van der Waals surface area contributed by atoms with Gasteiger partial charge in [0.15, 0.2) is 0 Å². The molecule has 2 aromatic rings. The Bertz CT molecular complexity index is 737. The molecule has 1 aliphatic rings. The van der Waals surface area contributed by atoms with E-state index in [9.17, 15) is 9.59 Å². The fraction of sp³-hybridized carbons (Fsp3) is 0.222. The number of rotatable bonds is 3. The Morgan fingerprint density at radius 2 is 1.68 bits per heavy atom. The van der Waals surface area contributed by atoms with E-state index in [4.69, 9.17) is 5.11 Å². The Hall–Kier alpha value is -2.62. The number of hydrogen-bond acceptors (Lipinski definition) is 2. The molecule has 0 aromatic heterocycles. The first-order chi connectivity index (χ1) is 10.6. The Kier molecular flexibility index (Phi) is 3.92. The van der Waals surface area contributed by atoms with E-state index in [2.05, 4.69) is 5.32 Å². The summed E-state index contributed by atoms with van der Waals surface area (Å²) in [6.07, 6.45) is 4.42. The van der Waals surface area contributed by atoms with Crippen LogP contribution in [0.3, 0.4) is 0 Å². The molecule has 3 rings (SSSR count). The van der Waals surface area contributed by atoms with Crippen LogP contribution >= 0.6 is 0 Å². The van der Waals surface area contributed by atoms with Crippen LogP contribution in [-0.4, -0.2) is 17.0 Å². The molecule has 0 radical (unpaired) electrons. The van der Waals surface area contributed by atoms with Gasteiger partial charge in [-0.2, -0.15) is 0 Å². The van der Waals surface area contributed by atoms with Gasteiger partial charge in [0.05, 0.1) is 11.3 Å². The molecule has 0 atom stereocenters. The monoisotopic (exact) mass is 295 g/mol. The van der Waals surface area contributed by atoms with Crippen LogP contribution in [0.25, 0.3) is 0 Å². The number of hydrogen-bond donors (Lipinski definition) is 2. The summed E-state index contributed by atoms with van der Waals surface area (Å²) >= 11 is 0. The lowest BCUT2D eigenvalue weighted by molar-refractivity contribution is 0.0698. The number of para-hydroxylation sites is 1. The van der Waals surface area contributed by atoms with Crippen molar-refractivity contribution in [3.8, 4) is 0 Å². The quantitative estimate of drug-likeness (QED) is 0.910. The number of anilines is 1. The SMILES string of the molecule is O=C(Nc1ccccc1C(=O)O)c1ccc2c(c1)CCCC2. The summed E-state index contributed by atoms with van der Waals surface area (Å²) in [4.78, 5) is 23.6. The number of amides is 1. The van der Waals surface area contributed by atoms with Crippen molar-refractivity contribution in [3.63, 3.8) is 0 Å². The van der Waals surface area contributed by atoms with Crippen molar-refractivity contribution >= 4 is 17.6 Å². The van der Waals surface area contributed by atoms with Crippen molar-refractivity contribution in [2.45, 2.75) is 25.7 Å². The van der Waals surface area contributed by atoms with Crippen LogP contribution < -0.4 is 5.32 Å². The molecule has 22 heavy (non-hydrogen) atoms. The van der Waals surface area contributed by atoms with E-state index in [1.807, 2.05) is 18.2 Å². The zero-order chi connectivity index (χ0) is 15.5. The molecular weight excluding hydrogens is 278 g/mol. The second-order valence-electron chi connectivity index (χ2n) is 5.50. The van der Waals surface area contributed by atoms with Crippen molar-refractivity contribution in [2.75, 3.05) is 5.32 Å². The van der Waals surface area contributed by atoms with Crippen molar-refractivity contribution in [3.05, 3.63) is 64.7 Å². The molecule has 0 aliphatic heterocycles. The highest BCUT2D eigenvalue weighted by atomic mass is 16.4. The van der Waals surface area contributed by atoms with Crippen molar-refractivity contribution in [1.29, 1.82) is 0 Å². The Morgan fingerprint density at radius 3 is 2.45 bits per heavy atom. The molecule has 1 aliphatic carbocycles. The van der Waals surface area contributed by atoms with Gasteiger partial charge in [0.1, 0.15) is 0 Å². The van der Waals surface area contributed by atoms with Crippen LogP contribution in [-0.2, 0) is 12.8 Å². The van der Waals surface area contributed by atoms with Crippen LogP contribution in [0.2, 0.25) is 0 Å². The lowest BCUT2D eigenvalue weighted by atomic mass is 9.90. The van der Waals surface area contributed by atoms with Crippen LogP contribution in [0, 0.1) is 0 Å². The Balaban J connectivity index is 1.85. The molecule has 2 N–H and O–H groups in total. The number of aromatic carboxylic acids is 1. The fourth-order valence-electron chi connectivity index (χ4n) is 2.85. The summed E-state index contributed by atoms with van der Waals surface area (Å²) < 4.78 is 0. The third-order valence-electron chi connectivity index (χ3n) is 4.02. The van der Waals surface area contributed by atoms with Crippen molar-refractivity contribution < 1.29 is 14.7 Å². The Labute approximate surface area is 128 Å². The largest absolute Gasteiger partial charge is 0.478 e. The number of nitrogens with one attached hydrogen (secondary N) is 1. The maximum Gasteiger partial charge on any atom is 0.337 e. The summed E-state index contributed by atoms with van der Waals surface area (Å²) in [7, 11) is 0. The third kappa shape index (κ3) is 2.86. The maximum atomic E-state index is 12.4. The first kappa shape index (κ1) is 14.3. The number of carboxylic acids is 1. The fourth-order valence-corrected chi connectivity index (χ4v) is 2.85. The average Bonchev–Trinajstić information content (AvgIpc) is 2.54. The van der Waals surface area contributed by atoms with E-state index in [1.165, 1.54) is 23.6 Å². The first-order valence-electron chi connectivity index (χ1n) is 7.40. The zero-order valence-corrected chi connectivity index (χ0v) is 12.1. The maximum absolute atomic E-state index is 12.4. The topological polar surface area (TPSA) is 66.4 Å². The van der Waals surface area contributed by atoms with E-state index in [0.29, 0.717) is 11.3 Å². The second-order valence-corrected chi connectivity index (χ2v) is 5.50. The van der Waals surface area contributed by atoms with Crippen molar-refractivity contribution in [1.82, 2.24) is 0 Å². The lowest BCUT2D eigenvalue weighted by Gasteiger charge is -2.16. The average molecular weight is 295 g/mol. The van der Waals surface area contributed by atoms with E-state index in [-0.39, 0.29) is 11.5 Å². The minimum Gasteiger partial charge on any atom is -0.478 e. The molecule has 0 fully saturated rings. The molecule has 0 spiro atoms. The molecule has 0 bridgehead atoms. The number of carbonyl (C=O) groups excluding carboxylic acids is 1. The lowest BCUT2D eigenvalue weighted by Crippen LogP contribution is -2.15. The summed E-state index contributed by atoms with van der Waals surface area (Å²) in [6.45, 7) is 0. The summed E-state index contributed by atoms with van der Waals surface area (Å²) in [5.41, 5.74) is 3.52.